The first-order chi connectivity index (χ1) is 19.6. The fourth-order valence-corrected chi connectivity index (χ4v) is 7.72. The lowest BCUT2D eigenvalue weighted by molar-refractivity contribution is 0.185. The molecule has 1 saturated heterocycles. The van der Waals surface area contributed by atoms with Crippen LogP contribution >= 0.6 is 0 Å². The molecule has 5 nitrogen and oxygen atoms in total. The minimum absolute atomic E-state index is 0.181. The van der Waals surface area contributed by atoms with Crippen molar-refractivity contribution in [3.05, 3.63) is 107 Å². The van der Waals surface area contributed by atoms with Crippen molar-refractivity contribution in [2.75, 3.05) is 6.54 Å². The molecule has 2 heterocycles. The van der Waals surface area contributed by atoms with Crippen molar-refractivity contribution < 1.29 is 4.79 Å². The van der Waals surface area contributed by atoms with Gasteiger partial charge in [-0.3, -0.25) is 4.90 Å². The minimum atomic E-state index is -0.980. The largest absolute Gasteiger partial charge is 0.335 e. The van der Waals surface area contributed by atoms with Crippen LogP contribution in [0.1, 0.15) is 86.2 Å². The number of carbonyl (C=O) groups is 1. The van der Waals surface area contributed by atoms with E-state index in [1.54, 1.807) is 11.1 Å². The van der Waals surface area contributed by atoms with E-state index < -0.39 is 11.5 Å². The first kappa shape index (κ1) is 26.6. The first-order valence-corrected chi connectivity index (χ1v) is 15.0. The van der Waals surface area contributed by atoms with Crippen LogP contribution in [-0.2, 0) is 5.41 Å². The van der Waals surface area contributed by atoms with Gasteiger partial charge in [0.2, 0.25) is 0 Å². The summed E-state index contributed by atoms with van der Waals surface area (Å²) in [5.41, 5.74) is 3.91. The Hall–Kier alpha value is -3.62. The highest BCUT2D eigenvalue weighted by atomic mass is 16.2. The molecule has 1 aliphatic carbocycles. The molecule has 2 bridgehead atoms. The molecule has 3 aliphatic rings. The first-order valence-electron chi connectivity index (χ1n) is 15.0. The van der Waals surface area contributed by atoms with Crippen molar-refractivity contribution in [3.8, 4) is 6.07 Å². The molecule has 0 spiro atoms. The highest BCUT2D eigenvalue weighted by Gasteiger charge is 2.44. The molecule has 3 aromatic carbocycles. The van der Waals surface area contributed by atoms with Gasteiger partial charge in [-0.1, -0.05) is 84.9 Å². The van der Waals surface area contributed by atoms with E-state index in [2.05, 4.69) is 45.9 Å². The van der Waals surface area contributed by atoms with E-state index in [-0.39, 0.29) is 12.1 Å². The number of nitrogens with one attached hydrogen (secondary N) is 2. The average Bonchev–Trinajstić information content (AvgIpc) is 3.55. The molecule has 0 radical (unpaired) electrons. The summed E-state index contributed by atoms with van der Waals surface area (Å²) in [4.78, 5) is 15.9. The van der Waals surface area contributed by atoms with Crippen LogP contribution in [0.2, 0.25) is 0 Å². The van der Waals surface area contributed by atoms with Gasteiger partial charge in [0.15, 0.2) is 0 Å². The Balaban J connectivity index is 1.02. The van der Waals surface area contributed by atoms with Crippen molar-refractivity contribution in [1.29, 1.82) is 5.26 Å². The van der Waals surface area contributed by atoms with Gasteiger partial charge >= 0.3 is 6.03 Å². The second-order valence-corrected chi connectivity index (χ2v) is 12.0. The lowest BCUT2D eigenvalue weighted by atomic mass is 9.70. The third kappa shape index (κ3) is 4.90. The van der Waals surface area contributed by atoms with Crippen LogP contribution in [-0.4, -0.2) is 29.6 Å². The van der Waals surface area contributed by atoms with Gasteiger partial charge in [-0.15, -0.1) is 0 Å². The van der Waals surface area contributed by atoms with Crippen molar-refractivity contribution in [2.24, 2.45) is 5.92 Å². The van der Waals surface area contributed by atoms with E-state index in [0.29, 0.717) is 12.1 Å². The van der Waals surface area contributed by atoms with Crippen LogP contribution in [0.5, 0.6) is 0 Å². The van der Waals surface area contributed by atoms with E-state index in [0.717, 1.165) is 42.7 Å². The molecule has 2 fully saturated rings. The lowest BCUT2D eigenvalue weighted by Gasteiger charge is -2.35. The molecule has 2 amide bonds. The Bertz CT molecular complexity index is 1270. The molecular weight excluding hydrogens is 492 g/mol. The molecular formula is C35H40N4O. The second kappa shape index (κ2) is 11.5. The normalized spacial score (nSPS) is 24.6. The zero-order chi connectivity index (χ0) is 27.5. The molecule has 3 aromatic rings. The molecule has 2 N–H and O–H groups in total. The molecule has 6 rings (SSSR count). The zero-order valence-electron chi connectivity index (χ0n) is 23.4. The Morgan fingerprint density at radius 3 is 1.90 bits per heavy atom. The predicted octanol–water partition coefficient (Wildman–Crippen LogP) is 7.02. The number of nitriles is 1. The lowest BCUT2D eigenvalue weighted by Crippen LogP contribution is -2.53. The number of carbonyl (C=O) groups excluding carboxylic acids is 1. The number of rotatable bonds is 8. The number of fused-ring (bicyclic) bond motifs is 5. The molecule has 0 aromatic heterocycles. The Kier molecular flexibility index (Phi) is 7.63. The van der Waals surface area contributed by atoms with E-state index in [4.69, 9.17) is 0 Å². The number of urea groups is 1. The van der Waals surface area contributed by atoms with Crippen LogP contribution < -0.4 is 10.6 Å². The number of benzene rings is 3. The SMILES string of the molecule is C[C@H](NC(=O)NC1CCC(CCN2C3CCC2c2ccccc23)CC1)C(C#N)(c1ccccc1)c1ccccc1. The molecule has 40 heavy (non-hydrogen) atoms. The maximum absolute atomic E-state index is 13.2. The van der Waals surface area contributed by atoms with Crippen LogP contribution in [0, 0.1) is 17.2 Å². The Labute approximate surface area is 238 Å². The summed E-state index contributed by atoms with van der Waals surface area (Å²) in [6.45, 7) is 3.11. The molecule has 5 heteroatoms. The smallest absolute Gasteiger partial charge is 0.315 e. The van der Waals surface area contributed by atoms with Crippen LogP contribution in [0.25, 0.3) is 0 Å². The van der Waals surface area contributed by atoms with E-state index >= 15 is 0 Å². The van der Waals surface area contributed by atoms with Gasteiger partial charge < -0.3 is 10.6 Å². The van der Waals surface area contributed by atoms with Crippen molar-refractivity contribution >= 4 is 6.03 Å². The summed E-state index contributed by atoms with van der Waals surface area (Å²) in [5.74, 6) is 0.727. The topological polar surface area (TPSA) is 68.2 Å². The zero-order valence-corrected chi connectivity index (χ0v) is 23.4. The van der Waals surface area contributed by atoms with Gasteiger partial charge in [0.25, 0.3) is 0 Å². The molecule has 3 atom stereocenters. The van der Waals surface area contributed by atoms with Gasteiger partial charge in [0.1, 0.15) is 5.41 Å². The van der Waals surface area contributed by atoms with Gasteiger partial charge in [-0.05, 0) is 86.6 Å². The van der Waals surface area contributed by atoms with Gasteiger partial charge in [-0.2, -0.15) is 5.26 Å². The standard InChI is InChI=1S/C35H40N4O/c1-25(35(24-36,27-10-4-2-5-11-27)28-12-6-3-7-13-28)37-34(40)38-29-18-16-26(17-19-29)22-23-39-32-20-21-33(39)31-15-9-8-14-30(31)32/h2-15,25-26,29,32-33H,16-23H2,1H3,(H2,37,38,40)/t25-,26?,29?,32?,33?/m0/s1. The minimum Gasteiger partial charge on any atom is -0.335 e. The van der Waals surface area contributed by atoms with E-state index in [1.807, 2.05) is 67.6 Å². The number of hydrogen-bond donors (Lipinski definition) is 2. The molecule has 206 valence electrons. The van der Waals surface area contributed by atoms with Crippen molar-refractivity contribution in [1.82, 2.24) is 15.5 Å². The predicted molar refractivity (Wildman–Crippen MR) is 159 cm³/mol. The fourth-order valence-electron chi connectivity index (χ4n) is 7.72. The third-order valence-corrected chi connectivity index (χ3v) is 9.84. The number of nitrogens with zero attached hydrogens (tertiary/aromatic N) is 2. The fraction of sp³-hybridized carbons (Fsp3) is 0.429. The van der Waals surface area contributed by atoms with Gasteiger partial charge in [-0.25, -0.2) is 4.79 Å². The van der Waals surface area contributed by atoms with Crippen molar-refractivity contribution in [2.45, 2.75) is 81.5 Å². The van der Waals surface area contributed by atoms with Crippen LogP contribution in [0.15, 0.2) is 84.9 Å². The van der Waals surface area contributed by atoms with Gasteiger partial charge in [0, 0.05) is 18.1 Å². The summed E-state index contributed by atoms with van der Waals surface area (Å²) in [6, 6.07) is 32.0. The maximum atomic E-state index is 13.2. The summed E-state index contributed by atoms with van der Waals surface area (Å²) < 4.78 is 0. The van der Waals surface area contributed by atoms with Crippen LogP contribution in [0.4, 0.5) is 4.79 Å². The molecule has 1 saturated carbocycles. The average molecular weight is 533 g/mol. The maximum Gasteiger partial charge on any atom is 0.315 e. The van der Waals surface area contributed by atoms with E-state index in [1.165, 1.54) is 25.8 Å². The highest BCUT2D eigenvalue weighted by molar-refractivity contribution is 5.75. The summed E-state index contributed by atoms with van der Waals surface area (Å²) in [5, 5.41) is 16.9. The Morgan fingerprint density at radius 1 is 0.850 bits per heavy atom. The van der Waals surface area contributed by atoms with E-state index in [9.17, 15) is 10.1 Å². The monoisotopic (exact) mass is 532 g/mol. The molecule has 2 unspecified atom stereocenters. The Morgan fingerprint density at radius 2 is 1.38 bits per heavy atom. The summed E-state index contributed by atoms with van der Waals surface area (Å²) in [6.07, 6.45) is 8.19. The summed E-state index contributed by atoms with van der Waals surface area (Å²) in [7, 11) is 0. The molecule has 2 aliphatic heterocycles. The highest BCUT2D eigenvalue weighted by Crippen LogP contribution is 2.53. The second-order valence-electron chi connectivity index (χ2n) is 12.0. The van der Waals surface area contributed by atoms with Gasteiger partial charge in [0.05, 0.1) is 12.1 Å². The van der Waals surface area contributed by atoms with Crippen LogP contribution in [0.3, 0.4) is 0 Å². The van der Waals surface area contributed by atoms with Crippen molar-refractivity contribution in [3.63, 3.8) is 0 Å². The quantitative estimate of drug-likeness (QED) is 0.327. The number of hydrogen-bond acceptors (Lipinski definition) is 3. The summed E-state index contributed by atoms with van der Waals surface area (Å²) >= 11 is 0. The number of amides is 2. The third-order valence-electron chi connectivity index (χ3n) is 9.84.